The van der Waals surface area contributed by atoms with Gasteiger partial charge in [-0.3, -0.25) is 9.59 Å². The van der Waals surface area contributed by atoms with Crippen LogP contribution in [0.1, 0.15) is 26.2 Å². The summed E-state index contributed by atoms with van der Waals surface area (Å²) in [6.07, 6.45) is 4.54. The molecule has 0 aliphatic carbocycles. The summed E-state index contributed by atoms with van der Waals surface area (Å²) in [5, 5.41) is 8.17. The van der Waals surface area contributed by atoms with Crippen molar-refractivity contribution in [3.8, 4) is 0 Å². The number of hydrogen-bond donors (Lipinski definition) is 1. The van der Waals surface area contributed by atoms with Gasteiger partial charge in [-0.05, 0) is 18.9 Å². The Morgan fingerprint density at radius 2 is 2.04 bits per heavy atom. The Morgan fingerprint density at radius 1 is 1.26 bits per heavy atom. The van der Waals surface area contributed by atoms with Crippen LogP contribution in [0.4, 0.5) is 0 Å². The topological polar surface area (TPSA) is 73.2 Å². The van der Waals surface area contributed by atoms with E-state index in [2.05, 4.69) is 17.3 Å². The molecule has 0 spiro atoms. The molecule has 0 aliphatic heterocycles. The van der Waals surface area contributed by atoms with E-state index in [0.717, 1.165) is 31.3 Å². The van der Waals surface area contributed by atoms with E-state index in [1.807, 2.05) is 12.1 Å². The lowest BCUT2D eigenvalue weighted by atomic mass is 10.2. The summed E-state index contributed by atoms with van der Waals surface area (Å²) < 4.78 is 6.61. The molecule has 124 valence electrons. The molecule has 0 fully saturated rings. The molecule has 23 heavy (non-hydrogen) atoms. The number of amides is 1. The van der Waals surface area contributed by atoms with Crippen molar-refractivity contribution in [3.05, 3.63) is 40.8 Å². The molecule has 1 amide bonds. The third-order valence-corrected chi connectivity index (χ3v) is 3.49. The van der Waals surface area contributed by atoms with Crippen molar-refractivity contribution >= 4 is 16.7 Å². The van der Waals surface area contributed by atoms with Crippen LogP contribution in [0.3, 0.4) is 0 Å². The van der Waals surface area contributed by atoms with E-state index in [9.17, 15) is 9.59 Å². The fraction of sp³-hybridized carbons (Fsp3) is 0.471. The standard InChI is InChI=1S/C17H23N3O3/c1-2-3-10-23-11-6-9-18-16(21)13-20-17(22)15-8-5-4-7-14(15)12-19-20/h4-5,7-8,12H,2-3,6,9-11,13H2,1H3,(H,18,21). The monoisotopic (exact) mass is 317 g/mol. The van der Waals surface area contributed by atoms with Crippen molar-refractivity contribution in [2.24, 2.45) is 0 Å². The van der Waals surface area contributed by atoms with Gasteiger partial charge in [0.2, 0.25) is 5.91 Å². The van der Waals surface area contributed by atoms with Gasteiger partial charge in [-0.25, -0.2) is 4.68 Å². The lowest BCUT2D eigenvalue weighted by Gasteiger charge is -2.08. The van der Waals surface area contributed by atoms with Gasteiger partial charge in [0, 0.05) is 25.1 Å². The molecule has 0 aliphatic rings. The van der Waals surface area contributed by atoms with Gasteiger partial charge in [0.05, 0.1) is 11.6 Å². The first-order chi connectivity index (χ1) is 11.2. The number of rotatable bonds is 9. The molecule has 2 aromatic rings. The Balaban J connectivity index is 1.79. The van der Waals surface area contributed by atoms with Gasteiger partial charge in [-0.1, -0.05) is 31.5 Å². The highest BCUT2D eigenvalue weighted by Gasteiger charge is 2.07. The molecule has 1 aromatic carbocycles. The average molecular weight is 317 g/mol. The molecular weight excluding hydrogens is 294 g/mol. The third-order valence-electron chi connectivity index (χ3n) is 3.49. The quantitative estimate of drug-likeness (QED) is 0.715. The fourth-order valence-corrected chi connectivity index (χ4v) is 2.18. The van der Waals surface area contributed by atoms with Crippen LogP contribution in [-0.4, -0.2) is 35.4 Å². The normalized spacial score (nSPS) is 10.8. The van der Waals surface area contributed by atoms with Crippen LogP contribution in [0.2, 0.25) is 0 Å². The van der Waals surface area contributed by atoms with Crippen LogP contribution in [0, 0.1) is 0 Å². The molecule has 0 unspecified atom stereocenters. The van der Waals surface area contributed by atoms with Crippen molar-refractivity contribution in [1.29, 1.82) is 0 Å². The van der Waals surface area contributed by atoms with Crippen molar-refractivity contribution < 1.29 is 9.53 Å². The Morgan fingerprint density at radius 3 is 2.87 bits per heavy atom. The second kappa shape index (κ2) is 9.05. The molecule has 0 radical (unpaired) electrons. The van der Waals surface area contributed by atoms with Gasteiger partial charge < -0.3 is 10.1 Å². The maximum atomic E-state index is 12.2. The molecule has 0 bridgehead atoms. The number of carbonyl (C=O) groups excluding carboxylic acids is 1. The molecule has 0 saturated carbocycles. The molecule has 6 heteroatoms. The third kappa shape index (κ3) is 5.17. The van der Waals surface area contributed by atoms with Crippen molar-refractivity contribution in [1.82, 2.24) is 15.1 Å². The SMILES string of the molecule is CCCCOCCCNC(=O)Cn1ncc2ccccc2c1=O. The smallest absolute Gasteiger partial charge is 0.275 e. The predicted octanol–water partition coefficient (Wildman–Crippen LogP) is 1.72. The number of unbranched alkanes of at least 4 members (excludes halogenated alkanes) is 1. The molecule has 6 nitrogen and oxygen atoms in total. The summed E-state index contributed by atoms with van der Waals surface area (Å²) in [6.45, 7) is 3.98. The zero-order chi connectivity index (χ0) is 16.5. The minimum absolute atomic E-state index is 0.0691. The summed E-state index contributed by atoms with van der Waals surface area (Å²) in [5.41, 5.74) is -0.249. The molecule has 1 aromatic heterocycles. The predicted molar refractivity (Wildman–Crippen MR) is 89.4 cm³/mol. The molecular formula is C17H23N3O3. The van der Waals surface area contributed by atoms with Crippen LogP contribution in [0.15, 0.2) is 35.3 Å². The molecule has 2 rings (SSSR count). The first-order valence-corrected chi connectivity index (χ1v) is 8.01. The van der Waals surface area contributed by atoms with Crippen LogP contribution < -0.4 is 10.9 Å². The van der Waals surface area contributed by atoms with E-state index in [4.69, 9.17) is 4.74 Å². The van der Waals surface area contributed by atoms with E-state index in [1.165, 1.54) is 4.68 Å². The van der Waals surface area contributed by atoms with Gasteiger partial charge >= 0.3 is 0 Å². The number of aromatic nitrogens is 2. The Hall–Kier alpha value is -2.21. The van der Waals surface area contributed by atoms with Gasteiger partial charge in [-0.15, -0.1) is 0 Å². The van der Waals surface area contributed by atoms with E-state index in [-0.39, 0.29) is 18.0 Å². The zero-order valence-corrected chi connectivity index (χ0v) is 13.5. The van der Waals surface area contributed by atoms with Gasteiger partial charge in [-0.2, -0.15) is 5.10 Å². The average Bonchev–Trinajstić information content (AvgIpc) is 2.57. The lowest BCUT2D eigenvalue weighted by Crippen LogP contribution is -2.34. The lowest BCUT2D eigenvalue weighted by molar-refractivity contribution is -0.121. The first kappa shape index (κ1) is 17.1. The number of nitrogens with one attached hydrogen (secondary N) is 1. The Labute approximate surface area is 135 Å². The second-order valence-corrected chi connectivity index (χ2v) is 5.36. The number of benzene rings is 1. The van der Waals surface area contributed by atoms with E-state index in [0.29, 0.717) is 18.5 Å². The summed E-state index contributed by atoms with van der Waals surface area (Å²) in [4.78, 5) is 24.1. The van der Waals surface area contributed by atoms with Crippen molar-refractivity contribution in [3.63, 3.8) is 0 Å². The Bertz CT molecular complexity index is 697. The van der Waals surface area contributed by atoms with Crippen molar-refractivity contribution in [2.75, 3.05) is 19.8 Å². The highest BCUT2D eigenvalue weighted by molar-refractivity contribution is 5.81. The second-order valence-electron chi connectivity index (χ2n) is 5.36. The van der Waals surface area contributed by atoms with Crippen molar-refractivity contribution in [2.45, 2.75) is 32.7 Å². The summed E-state index contributed by atoms with van der Waals surface area (Å²) >= 11 is 0. The van der Waals surface area contributed by atoms with Gasteiger partial charge in [0.15, 0.2) is 0 Å². The van der Waals surface area contributed by atoms with E-state index >= 15 is 0 Å². The first-order valence-electron chi connectivity index (χ1n) is 8.01. The van der Waals surface area contributed by atoms with Crippen LogP contribution in [0.5, 0.6) is 0 Å². The molecule has 1 N–H and O–H groups in total. The molecule has 1 heterocycles. The number of carbonyl (C=O) groups is 1. The van der Waals surface area contributed by atoms with E-state index < -0.39 is 0 Å². The minimum Gasteiger partial charge on any atom is -0.381 e. The maximum Gasteiger partial charge on any atom is 0.275 e. The number of nitrogens with zero attached hydrogens (tertiary/aromatic N) is 2. The highest BCUT2D eigenvalue weighted by atomic mass is 16.5. The maximum absolute atomic E-state index is 12.2. The number of fused-ring (bicyclic) bond motifs is 1. The largest absolute Gasteiger partial charge is 0.381 e. The Kier molecular flexibility index (Phi) is 6.75. The number of hydrogen-bond acceptors (Lipinski definition) is 4. The fourth-order valence-electron chi connectivity index (χ4n) is 2.18. The highest BCUT2D eigenvalue weighted by Crippen LogP contribution is 2.06. The van der Waals surface area contributed by atoms with Crippen LogP contribution in [0.25, 0.3) is 10.8 Å². The summed E-state index contributed by atoms with van der Waals surface area (Å²) in [6, 6.07) is 7.21. The molecule has 0 atom stereocenters. The minimum atomic E-state index is -0.249. The molecule has 0 saturated heterocycles. The van der Waals surface area contributed by atoms with Crippen LogP contribution in [-0.2, 0) is 16.1 Å². The summed E-state index contributed by atoms with van der Waals surface area (Å²) in [7, 11) is 0. The van der Waals surface area contributed by atoms with E-state index in [1.54, 1.807) is 18.3 Å². The number of ether oxygens (including phenoxy) is 1. The zero-order valence-electron chi connectivity index (χ0n) is 13.5. The van der Waals surface area contributed by atoms with Gasteiger partial charge in [0.25, 0.3) is 5.56 Å². The van der Waals surface area contributed by atoms with Crippen LogP contribution >= 0.6 is 0 Å². The summed E-state index contributed by atoms with van der Waals surface area (Å²) in [5.74, 6) is -0.219. The van der Waals surface area contributed by atoms with Gasteiger partial charge in [0.1, 0.15) is 6.54 Å².